The van der Waals surface area contributed by atoms with Gasteiger partial charge in [-0.25, -0.2) is 14.6 Å². The number of nitrogens with zero attached hydrogens (tertiary/aromatic N) is 2. The Labute approximate surface area is 143 Å². The molecule has 1 aromatic heterocycles. The highest BCUT2D eigenvalue weighted by Gasteiger charge is 2.19. The van der Waals surface area contributed by atoms with Crippen molar-refractivity contribution in [2.75, 3.05) is 13.2 Å². The summed E-state index contributed by atoms with van der Waals surface area (Å²) < 4.78 is 10.6. The molecular weight excluding hydrogens is 334 g/mol. The average Bonchev–Trinajstić information content (AvgIpc) is 2.94. The molecule has 0 aliphatic carbocycles. The maximum absolute atomic E-state index is 11.6. The van der Waals surface area contributed by atoms with Crippen LogP contribution in [-0.4, -0.2) is 46.8 Å². The summed E-state index contributed by atoms with van der Waals surface area (Å²) in [6.45, 7) is 6.12. The number of carbonyl (C=O) groups excluding carboxylic acids is 1. The van der Waals surface area contributed by atoms with E-state index in [2.05, 4.69) is 10.3 Å². The Kier molecular flexibility index (Phi) is 7.35. The van der Waals surface area contributed by atoms with Crippen molar-refractivity contribution in [3.05, 3.63) is 22.5 Å². The van der Waals surface area contributed by atoms with E-state index < -0.39 is 18.0 Å². The van der Waals surface area contributed by atoms with Crippen LogP contribution in [0.1, 0.15) is 25.6 Å². The number of rotatable bonds is 8. The van der Waals surface area contributed by atoms with E-state index in [0.29, 0.717) is 17.5 Å². The molecular formula is C15H19N3O5S. The minimum atomic E-state index is -1.24. The predicted molar refractivity (Wildman–Crippen MR) is 86.7 cm³/mol. The van der Waals surface area contributed by atoms with Crippen molar-refractivity contribution in [3.63, 3.8) is 0 Å². The van der Waals surface area contributed by atoms with Gasteiger partial charge in [0, 0.05) is 24.2 Å². The minimum absolute atomic E-state index is 0.0197. The van der Waals surface area contributed by atoms with Crippen LogP contribution in [0.15, 0.2) is 17.7 Å². The number of carboxylic acids is 1. The molecule has 1 rings (SSSR count). The highest BCUT2D eigenvalue weighted by atomic mass is 32.1. The summed E-state index contributed by atoms with van der Waals surface area (Å²) in [5, 5.41) is 20.6. The molecule has 1 atom stereocenters. The zero-order chi connectivity index (χ0) is 18.2. The number of aliphatic carboxylic acids is 1. The number of ether oxygens (including phenoxy) is 2. The molecule has 0 aromatic carbocycles. The molecule has 9 heteroatoms. The lowest BCUT2D eigenvalue weighted by Gasteiger charge is -2.25. The maximum atomic E-state index is 11.6. The molecule has 0 bridgehead atoms. The molecule has 1 aromatic rings. The van der Waals surface area contributed by atoms with E-state index in [9.17, 15) is 9.59 Å². The molecule has 24 heavy (non-hydrogen) atoms. The largest absolute Gasteiger partial charge is 0.478 e. The van der Waals surface area contributed by atoms with Gasteiger partial charge in [-0.1, -0.05) is 0 Å². The van der Waals surface area contributed by atoms with Crippen LogP contribution < -0.4 is 10.1 Å². The van der Waals surface area contributed by atoms with Crippen molar-refractivity contribution in [3.8, 4) is 11.9 Å². The first-order valence-electron chi connectivity index (χ1n) is 7.04. The van der Waals surface area contributed by atoms with E-state index in [1.165, 1.54) is 5.51 Å². The number of nitrogens with one attached hydrogen (secondary N) is 1. The lowest BCUT2D eigenvalue weighted by atomic mass is 10.1. The normalized spacial score (nSPS) is 12.6. The maximum Gasteiger partial charge on any atom is 0.331 e. The predicted octanol–water partition coefficient (Wildman–Crippen LogP) is 1.33. The van der Waals surface area contributed by atoms with Gasteiger partial charge < -0.3 is 19.9 Å². The van der Waals surface area contributed by atoms with Crippen molar-refractivity contribution < 1.29 is 24.2 Å². The van der Waals surface area contributed by atoms with E-state index in [1.54, 1.807) is 0 Å². The van der Waals surface area contributed by atoms with E-state index >= 15 is 0 Å². The van der Waals surface area contributed by atoms with Crippen LogP contribution in [0.4, 0.5) is 0 Å². The molecule has 0 amide bonds. The van der Waals surface area contributed by atoms with Crippen molar-refractivity contribution >= 4 is 23.3 Å². The number of thiazole rings is 1. The topological polar surface area (TPSA) is 122 Å². The monoisotopic (exact) mass is 353 g/mol. The Morgan fingerprint density at radius 2 is 2.21 bits per heavy atom. The van der Waals surface area contributed by atoms with E-state index in [-0.39, 0.29) is 18.0 Å². The molecule has 0 saturated carbocycles. The van der Waals surface area contributed by atoms with Gasteiger partial charge in [0.25, 0.3) is 0 Å². The highest BCUT2D eigenvalue weighted by Crippen LogP contribution is 2.19. The van der Waals surface area contributed by atoms with Gasteiger partial charge in [0.15, 0.2) is 4.88 Å². The fourth-order valence-electron chi connectivity index (χ4n) is 1.48. The van der Waals surface area contributed by atoms with Crippen molar-refractivity contribution in [2.45, 2.75) is 32.4 Å². The Balaban J connectivity index is 2.68. The zero-order valence-corrected chi connectivity index (χ0v) is 14.4. The number of carbonyl (C=O) groups is 2. The number of hydrogen-bond donors (Lipinski definition) is 2. The lowest BCUT2D eigenvalue weighted by molar-refractivity contribution is -0.145. The second-order valence-corrected chi connectivity index (χ2v) is 6.63. The molecule has 130 valence electrons. The highest BCUT2D eigenvalue weighted by molar-refractivity contribution is 7.10. The zero-order valence-electron chi connectivity index (χ0n) is 13.6. The number of aromatic nitrogens is 1. The Hall–Kier alpha value is -2.44. The smallest absolute Gasteiger partial charge is 0.331 e. The van der Waals surface area contributed by atoms with Crippen LogP contribution in [0.2, 0.25) is 0 Å². The number of nitriles is 1. The summed E-state index contributed by atoms with van der Waals surface area (Å²) in [7, 11) is 0. The Morgan fingerprint density at radius 1 is 1.50 bits per heavy atom. The molecule has 0 fully saturated rings. The van der Waals surface area contributed by atoms with Crippen LogP contribution in [0, 0.1) is 11.3 Å². The fourth-order valence-corrected chi connectivity index (χ4v) is 2.00. The standard InChI is InChI=1S/C15H19N3O5S/c1-15(2,3)18-7-10(23-13(21)5-4-12(19)20)8-22-14-11(6-16)24-9-17-14/h4-5,9-10,18H,7-8H2,1-3H3,(H,19,20)/b5-4-/t10-/m0/s1. The first-order valence-corrected chi connectivity index (χ1v) is 7.92. The first kappa shape index (κ1) is 19.6. The quantitative estimate of drug-likeness (QED) is 0.530. The third-order valence-corrected chi connectivity index (χ3v) is 3.26. The Bertz CT molecular complexity index is 642. The second kappa shape index (κ2) is 9.00. The summed E-state index contributed by atoms with van der Waals surface area (Å²) in [6, 6.07) is 1.96. The van der Waals surface area contributed by atoms with Crippen molar-refractivity contribution in [1.29, 1.82) is 5.26 Å². The summed E-state index contributed by atoms with van der Waals surface area (Å²) in [5.74, 6) is -1.85. The summed E-state index contributed by atoms with van der Waals surface area (Å²) in [6.07, 6.45) is 0.852. The van der Waals surface area contributed by atoms with Gasteiger partial charge >= 0.3 is 11.9 Å². The van der Waals surface area contributed by atoms with E-state index in [1.807, 2.05) is 26.8 Å². The molecule has 0 saturated heterocycles. The van der Waals surface area contributed by atoms with Crippen LogP contribution in [0.5, 0.6) is 5.88 Å². The summed E-state index contributed by atoms with van der Waals surface area (Å²) >= 11 is 1.15. The van der Waals surface area contributed by atoms with Gasteiger partial charge in [0.1, 0.15) is 18.8 Å². The van der Waals surface area contributed by atoms with Gasteiger partial charge in [0.05, 0.1) is 5.51 Å². The molecule has 8 nitrogen and oxygen atoms in total. The van der Waals surface area contributed by atoms with E-state index in [4.69, 9.17) is 19.8 Å². The number of esters is 1. The molecule has 0 aliphatic heterocycles. The summed E-state index contributed by atoms with van der Waals surface area (Å²) in [4.78, 5) is 26.3. The van der Waals surface area contributed by atoms with Gasteiger partial charge in [0.2, 0.25) is 5.88 Å². The van der Waals surface area contributed by atoms with Gasteiger partial charge in [-0.2, -0.15) is 5.26 Å². The molecule has 0 spiro atoms. The summed E-state index contributed by atoms with van der Waals surface area (Å²) in [5.41, 5.74) is 1.28. The van der Waals surface area contributed by atoms with Crippen molar-refractivity contribution in [1.82, 2.24) is 10.3 Å². The molecule has 0 unspecified atom stereocenters. The molecule has 0 radical (unpaired) electrons. The minimum Gasteiger partial charge on any atom is -0.478 e. The third kappa shape index (κ3) is 7.71. The number of hydrogen-bond acceptors (Lipinski definition) is 8. The average molecular weight is 353 g/mol. The third-order valence-electron chi connectivity index (χ3n) is 2.55. The van der Waals surface area contributed by atoms with Crippen LogP contribution >= 0.6 is 11.3 Å². The molecule has 2 N–H and O–H groups in total. The fraction of sp³-hybridized carbons (Fsp3) is 0.467. The lowest BCUT2D eigenvalue weighted by Crippen LogP contribution is -2.44. The van der Waals surface area contributed by atoms with Crippen LogP contribution in [0.3, 0.4) is 0 Å². The molecule has 1 heterocycles. The van der Waals surface area contributed by atoms with E-state index in [0.717, 1.165) is 17.4 Å². The first-order chi connectivity index (χ1) is 11.2. The van der Waals surface area contributed by atoms with Gasteiger partial charge in [-0.3, -0.25) is 0 Å². The SMILES string of the molecule is CC(C)(C)NC[C@@H](COc1ncsc1C#N)OC(=O)/C=C\C(=O)O. The second-order valence-electron chi connectivity index (χ2n) is 5.77. The van der Waals surface area contributed by atoms with Crippen LogP contribution in [-0.2, 0) is 14.3 Å². The van der Waals surface area contributed by atoms with Gasteiger partial charge in [-0.05, 0) is 20.8 Å². The molecule has 0 aliphatic rings. The number of carboxylic acid groups (broad SMARTS) is 1. The van der Waals surface area contributed by atoms with Crippen molar-refractivity contribution in [2.24, 2.45) is 0 Å². The van der Waals surface area contributed by atoms with Gasteiger partial charge in [-0.15, -0.1) is 11.3 Å². The Morgan fingerprint density at radius 3 is 2.79 bits per heavy atom. The van der Waals surface area contributed by atoms with Crippen LogP contribution in [0.25, 0.3) is 0 Å².